The minimum atomic E-state index is -3.57. The highest BCUT2D eigenvalue weighted by Crippen LogP contribution is 2.21. The molecule has 1 amide bonds. The van der Waals surface area contributed by atoms with Crippen LogP contribution in [-0.2, 0) is 20.6 Å². The van der Waals surface area contributed by atoms with Gasteiger partial charge in [0.05, 0.1) is 17.8 Å². The zero-order valence-corrected chi connectivity index (χ0v) is 18.5. The number of benzene rings is 2. The number of hydrogen-bond acceptors (Lipinski definition) is 5. The molecule has 0 N–H and O–H groups in total. The molecule has 0 saturated carbocycles. The Kier molecular flexibility index (Phi) is 7.45. The Morgan fingerprint density at radius 3 is 2.45 bits per heavy atom. The van der Waals surface area contributed by atoms with E-state index in [1.165, 1.54) is 16.4 Å². The lowest BCUT2D eigenvalue weighted by Gasteiger charge is -2.34. The van der Waals surface area contributed by atoms with E-state index in [0.29, 0.717) is 29.6 Å². The van der Waals surface area contributed by atoms with E-state index < -0.39 is 10.0 Å². The first-order valence-corrected chi connectivity index (χ1v) is 12.1. The minimum absolute atomic E-state index is 0.0291. The fourth-order valence-electron chi connectivity index (χ4n) is 3.04. The van der Waals surface area contributed by atoms with Gasteiger partial charge in [0.2, 0.25) is 15.9 Å². The first kappa shape index (κ1) is 22.0. The minimum Gasteiger partial charge on any atom is -0.497 e. The largest absolute Gasteiger partial charge is 0.497 e. The van der Waals surface area contributed by atoms with Crippen LogP contribution in [0.25, 0.3) is 0 Å². The molecule has 6 nitrogen and oxygen atoms in total. The fourth-order valence-corrected chi connectivity index (χ4v) is 5.47. The van der Waals surface area contributed by atoms with Crippen LogP contribution < -0.4 is 4.74 Å². The van der Waals surface area contributed by atoms with Gasteiger partial charge in [0.25, 0.3) is 0 Å². The van der Waals surface area contributed by atoms with Crippen molar-refractivity contribution in [3.63, 3.8) is 0 Å². The number of sulfonamides is 1. The van der Waals surface area contributed by atoms with Gasteiger partial charge in [0.1, 0.15) is 5.75 Å². The van der Waals surface area contributed by atoms with Gasteiger partial charge in [-0.3, -0.25) is 4.79 Å². The average Bonchev–Trinajstić information content (AvgIpc) is 2.74. The van der Waals surface area contributed by atoms with Crippen molar-refractivity contribution in [2.45, 2.75) is 10.6 Å². The highest BCUT2D eigenvalue weighted by Gasteiger charge is 2.29. The van der Waals surface area contributed by atoms with Crippen LogP contribution in [0.4, 0.5) is 0 Å². The number of carbonyl (C=O) groups excluding carboxylic acids is 1. The summed E-state index contributed by atoms with van der Waals surface area (Å²) in [6, 6.07) is 13.9. The number of piperazine rings is 1. The molecule has 0 bridgehead atoms. The van der Waals surface area contributed by atoms with Crippen LogP contribution in [0.1, 0.15) is 5.56 Å². The van der Waals surface area contributed by atoms with Crippen molar-refractivity contribution < 1.29 is 17.9 Å². The summed E-state index contributed by atoms with van der Waals surface area (Å²) < 4.78 is 32.1. The van der Waals surface area contributed by atoms with Gasteiger partial charge in [0.15, 0.2) is 0 Å². The van der Waals surface area contributed by atoms with Crippen molar-refractivity contribution in [2.24, 2.45) is 0 Å². The Bertz CT molecular complexity index is 943. The quantitative estimate of drug-likeness (QED) is 0.643. The summed E-state index contributed by atoms with van der Waals surface area (Å²) in [4.78, 5) is 14.4. The number of halogens is 1. The van der Waals surface area contributed by atoms with E-state index in [2.05, 4.69) is 0 Å². The number of hydrogen-bond donors (Lipinski definition) is 0. The van der Waals surface area contributed by atoms with Crippen molar-refractivity contribution >= 4 is 39.3 Å². The van der Waals surface area contributed by atoms with Gasteiger partial charge in [-0.2, -0.15) is 4.31 Å². The van der Waals surface area contributed by atoms with E-state index in [1.54, 1.807) is 35.9 Å². The van der Waals surface area contributed by atoms with Crippen LogP contribution in [-0.4, -0.2) is 62.6 Å². The number of methoxy groups -OCH3 is 1. The molecule has 1 aliphatic heterocycles. The second-order valence-corrected chi connectivity index (χ2v) is 9.94. The standard InChI is InChI=1S/C20H23ClN2O4S2/c1-27-18-4-2-3-16(13-18)14-28-15-20(24)22-9-11-23(12-10-22)29(25,26)19-7-5-17(21)6-8-19/h2-8,13H,9-12,14-15H2,1H3. The summed E-state index contributed by atoms with van der Waals surface area (Å²) in [5.41, 5.74) is 1.10. The Morgan fingerprint density at radius 1 is 1.10 bits per heavy atom. The third-order valence-electron chi connectivity index (χ3n) is 4.67. The Morgan fingerprint density at radius 2 is 1.79 bits per heavy atom. The molecule has 2 aromatic rings. The molecule has 3 rings (SSSR count). The van der Waals surface area contributed by atoms with Crippen molar-refractivity contribution in [3.05, 3.63) is 59.1 Å². The molecule has 2 aromatic carbocycles. The normalized spacial score (nSPS) is 15.3. The predicted octanol–water partition coefficient (Wildman–Crippen LogP) is 3.11. The molecule has 0 aliphatic carbocycles. The van der Waals surface area contributed by atoms with E-state index in [1.807, 2.05) is 24.3 Å². The molecular formula is C20H23ClN2O4S2. The summed E-state index contributed by atoms with van der Waals surface area (Å²) in [6.07, 6.45) is 0. The van der Waals surface area contributed by atoms with Crippen molar-refractivity contribution in [2.75, 3.05) is 39.0 Å². The summed E-state index contributed by atoms with van der Waals surface area (Å²) in [7, 11) is -1.94. The molecule has 0 spiro atoms. The van der Waals surface area contributed by atoms with Crippen LogP contribution in [0.15, 0.2) is 53.4 Å². The van der Waals surface area contributed by atoms with Crippen LogP contribution >= 0.6 is 23.4 Å². The van der Waals surface area contributed by atoms with Crippen LogP contribution in [0.2, 0.25) is 5.02 Å². The van der Waals surface area contributed by atoms with Crippen molar-refractivity contribution in [3.8, 4) is 5.75 Å². The number of nitrogens with zero attached hydrogens (tertiary/aromatic N) is 2. The van der Waals surface area contributed by atoms with Crippen molar-refractivity contribution in [1.29, 1.82) is 0 Å². The molecule has 156 valence electrons. The smallest absolute Gasteiger partial charge is 0.243 e. The molecule has 1 fully saturated rings. The first-order chi connectivity index (χ1) is 13.9. The molecule has 1 aliphatic rings. The van der Waals surface area contributed by atoms with E-state index in [0.717, 1.165) is 11.3 Å². The van der Waals surface area contributed by atoms with Crippen LogP contribution in [0.3, 0.4) is 0 Å². The third-order valence-corrected chi connectivity index (χ3v) is 7.82. The number of carbonyl (C=O) groups is 1. The SMILES string of the molecule is COc1cccc(CSCC(=O)N2CCN(S(=O)(=O)c3ccc(Cl)cc3)CC2)c1. The van der Waals surface area contributed by atoms with E-state index in [-0.39, 0.29) is 23.9 Å². The van der Waals surface area contributed by atoms with Gasteiger partial charge < -0.3 is 9.64 Å². The highest BCUT2D eigenvalue weighted by atomic mass is 35.5. The predicted molar refractivity (Wildman–Crippen MR) is 116 cm³/mol. The summed E-state index contributed by atoms with van der Waals surface area (Å²) in [5.74, 6) is 1.91. The number of amides is 1. The van der Waals surface area contributed by atoms with Gasteiger partial charge in [-0.05, 0) is 42.0 Å². The molecule has 9 heteroatoms. The Hall–Kier alpha value is -1.74. The zero-order valence-electron chi connectivity index (χ0n) is 16.1. The molecular weight excluding hydrogens is 432 g/mol. The maximum Gasteiger partial charge on any atom is 0.243 e. The molecule has 0 aromatic heterocycles. The van der Waals surface area contributed by atoms with Gasteiger partial charge in [-0.15, -0.1) is 11.8 Å². The highest BCUT2D eigenvalue weighted by molar-refractivity contribution is 7.99. The molecule has 0 unspecified atom stereocenters. The van der Waals surface area contributed by atoms with Crippen molar-refractivity contribution in [1.82, 2.24) is 9.21 Å². The topological polar surface area (TPSA) is 66.9 Å². The zero-order chi connectivity index (χ0) is 20.9. The van der Waals surface area contributed by atoms with Gasteiger partial charge in [-0.1, -0.05) is 23.7 Å². The summed E-state index contributed by atoms with van der Waals surface area (Å²) in [6.45, 7) is 1.37. The summed E-state index contributed by atoms with van der Waals surface area (Å²) >= 11 is 7.38. The maximum absolute atomic E-state index is 12.7. The molecule has 0 radical (unpaired) electrons. The lowest BCUT2D eigenvalue weighted by atomic mass is 10.2. The maximum atomic E-state index is 12.7. The Labute approximate surface area is 180 Å². The van der Waals surface area contributed by atoms with E-state index in [9.17, 15) is 13.2 Å². The van der Waals surface area contributed by atoms with Crippen LogP contribution in [0.5, 0.6) is 5.75 Å². The second-order valence-electron chi connectivity index (χ2n) is 6.58. The average molecular weight is 455 g/mol. The molecule has 1 saturated heterocycles. The fraction of sp³-hybridized carbons (Fsp3) is 0.350. The first-order valence-electron chi connectivity index (χ1n) is 9.14. The Balaban J connectivity index is 1.48. The lowest BCUT2D eigenvalue weighted by Crippen LogP contribution is -2.50. The second kappa shape index (κ2) is 9.84. The van der Waals surface area contributed by atoms with Gasteiger partial charge in [-0.25, -0.2) is 8.42 Å². The molecule has 29 heavy (non-hydrogen) atoms. The lowest BCUT2D eigenvalue weighted by molar-refractivity contribution is -0.129. The number of rotatable bonds is 7. The molecule has 1 heterocycles. The molecule has 0 atom stereocenters. The third kappa shape index (κ3) is 5.66. The van der Waals surface area contributed by atoms with E-state index >= 15 is 0 Å². The monoisotopic (exact) mass is 454 g/mol. The number of ether oxygens (including phenoxy) is 1. The van der Waals surface area contributed by atoms with Gasteiger partial charge in [0, 0.05) is 37.0 Å². The van der Waals surface area contributed by atoms with E-state index in [4.69, 9.17) is 16.3 Å². The van der Waals surface area contributed by atoms with Gasteiger partial charge >= 0.3 is 0 Å². The van der Waals surface area contributed by atoms with Crippen LogP contribution in [0, 0.1) is 0 Å². The number of thioether (sulfide) groups is 1. The summed E-state index contributed by atoms with van der Waals surface area (Å²) in [5, 5.41) is 0.491.